The summed E-state index contributed by atoms with van der Waals surface area (Å²) in [6.45, 7) is 0.207. The highest BCUT2D eigenvalue weighted by molar-refractivity contribution is 6.20. The van der Waals surface area contributed by atoms with Crippen LogP contribution in [0.4, 0.5) is 5.69 Å². The molecule has 0 amide bonds. The number of ketones is 1. The number of nitrogens with zero attached hydrogens (tertiary/aromatic N) is 5. The number of esters is 1. The van der Waals surface area contributed by atoms with Gasteiger partial charge in [-0.25, -0.2) is 4.79 Å². The van der Waals surface area contributed by atoms with E-state index in [-0.39, 0.29) is 30.7 Å². The first-order valence-corrected chi connectivity index (χ1v) is 8.54. The monoisotopic (exact) mass is 385 g/mol. The number of nitro benzene ring substituents is 1. The fraction of sp³-hybridized carbons (Fsp3) is 0.389. The maximum atomic E-state index is 12.5. The van der Waals surface area contributed by atoms with Gasteiger partial charge in [-0.15, -0.1) is 0 Å². The van der Waals surface area contributed by atoms with Crippen molar-refractivity contribution in [2.45, 2.75) is 32.1 Å². The highest BCUT2D eigenvalue weighted by Crippen LogP contribution is 2.17. The number of nitro groups is 1. The molecule has 1 aromatic carbocycles. The van der Waals surface area contributed by atoms with Gasteiger partial charge in [-0.1, -0.05) is 11.5 Å². The maximum Gasteiger partial charge on any atom is 0.341 e. The Morgan fingerprint density at radius 1 is 1.29 bits per heavy atom. The number of rotatable bonds is 12. The van der Waals surface area contributed by atoms with E-state index in [9.17, 15) is 19.7 Å². The van der Waals surface area contributed by atoms with Gasteiger partial charge in [-0.3, -0.25) is 14.9 Å². The van der Waals surface area contributed by atoms with E-state index >= 15 is 0 Å². The van der Waals surface area contributed by atoms with Crippen LogP contribution < -0.4 is 0 Å². The Balaban J connectivity index is 2.86. The summed E-state index contributed by atoms with van der Waals surface area (Å²) in [7, 11) is 0. The molecular formula is C18H19N5O5. The molecule has 0 aliphatic carbocycles. The van der Waals surface area contributed by atoms with Crippen molar-refractivity contribution in [1.82, 2.24) is 0 Å². The lowest BCUT2D eigenvalue weighted by molar-refractivity contribution is -0.384. The summed E-state index contributed by atoms with van der Waals surface area (Å²) in [5, 5.41) is 22.7. The van der Waals surface area contributed by atoms with Crippen LogP contribution in [0, 0.1) is 21.4 Å². The van der Waals surface area contributed by atoms with E-state index in [2.05, 4.69) is 10.0 Å². The Labute approximate surface area is 161 Å². The molecule has 0 spiro atoms. The van der Waals surface area contributed by atoms with Crippen LogP contribution in [0.5, 0.6) is 0 Å². The van der Waals surface area contributed by atoms with Crippen LogP contribution in [0.1, 0.15) is 37.7 Å². The second kappa shape index (κ2) is 12.6. The molecular weight excluding hydrogens is 366 g/mol. The number of carbonyl (C=O) groups is 2. The van der Waals surface area contributed by atoms with E-state index in [0.717, 1.165) is 0 Å². The van der Waals surface area contributed by atoms with Crippen molar-refractivity contribution in [3.63, 3.8) is 0 Å². The summed E-state index contributed by atoms with van der Waals surface area (Å²) in [6.07, 6.45) is 3.21. The van der Waals surface area contributed by atoms with E-state index in [1.54, 1.807) is 0 Å². The Kier molecular flexibility index (Phi) is 10.1. The average Bonchev–Trinajstić information content (AvgIpc) is 2.69. The Morgan fingerprint density at radius 2 is 2.00 bits per heavy atom. The second-order valence-corrected chi connectivity index (χ2v) is 5.64. The van der Waals surface area contributed by atoms with Crippen molar-refractivity contribution in [3.8, 4) is 6.07 Å². The molecule has 0 aromatic heterocycles. The second-order valence-electron chi connectivity index (χ2n) is 5.64. The van der Waals surface area contributed by atoms with Gasteiger partial charge < -0.3 is 4.74 Å². The maximum absolute atomic E-state index is 12.5. The molecule has 1 aromatic rings. The van der Waals surface area contributed by atoms with E-state index < -0.39 is 16.7 Å². The lowest BCUT2D eigenvalue weighted by atomic mass is 10.0. The molecule has 0 N–H and O–H groups in total. The van der Waals surface area contributed by atoms with Crippen LogP contribution in [0.15, 0.2) is 35.0 Å². The van der Waals surface area contributed by atoms with E-state index in [1.807, 2.05) is 6.07 Å². The van der Waals surface area contributed by atoms with E-state index in [4.69, 9.17) is 15.5 Å². The van der Waals surface area contributed by atoms with Crippen LogP contribution in [-0.2, 0) is 14.3 Å². The molecule has 0 radical (unpaired) electrons. The van der Waals surface area contributed by atoms with E-state index in [1.165, 1.54) is 30.3 Å². The minimum Gasteiger partial charge on any atom is -0.461 e. The summed E-state index contributed by atoms with van der Waals surface area (Å²) in [5.41, 5.74) is 8.36. The zero-order valence-electron chi connectivity index (χ0n) is 15.1. The Morgan fingerprint density at radius 3 is 2.61 bits per heavy atom. The molecule has 0 aliphatic heterocycles. The molecule has 1 rings (SSSR count). The molecule has 10 heteroatoms. The summed E-state index contributed by atoms with van der Waals surface area (Å²) >= 11 is 0. The molecule has 0 saturated heterocycles. The van der Waals surface area contributed by atoms with Gasteiger partial charge in [-0.05, 0) is 42.1 Å². The smallest absolute Gasteiger partial charge is 0.341 e. The third kappa shape index (κ3) is 8.12. The number of hydrogen-bond donors (Lipinski definition) is 0. The number of Topliss-reactive ketones (excluding diaryl/α,β-unsaturated/α-hetero) is 1. The quantitative estimate of drug-likeness (QED) is 0.0507. The molecule has 0 bridgehead atoms. The molecule has 0 aliphatic rings. The van der Waals surface area contributed by atoms with Crippen LogP contribution in [0.25, 0.3) is 16.5 Å². The summed E-state index contributed by atoms with van der Waals surface area (Å²) in [6, 6.07) is 7.22. The van der Waals surface area contributed by atoms with Crippen molar-refractivity contribution in [3.05, 3.63) is 56.0 Å². The van der Waals surface area contributed by atoms with Crippen LogP contribution >= 0.6 is 0 Å². The summed E-state index contributed by atoms with van der Waals surface area (Å²) < 4.78 is 4.95. The zero-order chi connectivity index (χ0) is 20.8. The Bertz CT molecular complexity index is 820. The highest BCUT2D eigenvalue weighted by Gasteiger charge is 2.19. The lowest BCUT2D eigenvalue weighted by Gasteiger charge is -2.07. The normalized spacial score (nSPS) is 10.5. The Hall–Kier alpha value is -3.70. The number of hydrogen-bond acceptors (Lipinski definition) is 7. The minimum absolute atomic E-state index is 0.00412. The fourth-order valence-corrected chi connectivity index (χ4v) is 2.20. The first kappa shape index (κ1) is 22.3. The summed E-state index contributed by atoms with van der Waals surface area (Å²) in [5.74, 6) is -1.27. The molecule has 0 saturated carbocycles. The molecule has 0 fully saturated rings. The highest BCUT2D eigenvalue weighted by atomic mass is 16.6. The van der Waals surface area contributed by atoms with Gasteiger partial charge in [0.25, 0.3) is 5.69 Å². The van der Waals surface area contributed by atoms with Crippen LogP contribution in [0.2, 0.25) is 0 Å². The predicted octanol–water partition coefficient (Wildman–Crippen LogP) is 3.87. The zero-order valence-corrected chi connectivity index (χ0v) is 15.1. The molecule has 146 valence electrons. The van der Waals surface area contributed by atoms with Gasteiger partial charge in [-0.2, -0.15) is 5.26 Å². The number of unbranched alkanes of at least 4 members (excludes halogenated alkanes) is 2. The van der Waals surface area contributed by atoms with Crippen molar-refractivity contribution >= 4 is 23.5 Å². The first-order chi connectivity index (χ1) is 13.5. The largest absolute Gasteiger partial charge is 0.461 e. The predicted molar refractivity (Wildman–Crippen MR) is 99.8 cm³/mol. The van der Waals surface area contributed by atoms with Crippen LogP contribution in [0.3, 0.4) is 0 Å². The van der Waals surface area contributed by atoms with Gasteiger partial charge in [0.05, 0.1) is 17.4 Å². The molecule has 10 nitrogen and oxygen atoms in total. The van der Waals surface area contributed by atoms with Crippen LogP contribution in [-0.4, -0.2) is 29.8 Å². The number of carbonyl (C=O) groups excluding carboxylic acids is 2. The fourth-order valence-electron chi connectivity index (χ4n) is 2.20. The SMILES string of the molecule is N#CCCOC(=O)/C(=C/c1ccc([N+](=O)[O-])cc1)C(=O)CCCCCN=[N+]=[N-]. The minimum atomic E-state index is -0.840. The molecule has 0 unspecified atom stereocenters. The number of ether oxygens (including phenoxy) is 1. The van der Waals surface area contributed by atoms with Crippen molar-refractivity contribution in [1.29, 1.82) is 5.26 Å². The van der Waals surface area contributed by atoms with Crippen molar-refractivity contribution in [2.75, 3.05) is 13.2 Å². The number of azide groups is 1. The summed E-state index contributed by atoms with van der Waals surface area (Å²) in [4.78, 5) is 37.5. The average molecular weight is 385 g/mol. The topological polar surface area (TPSA) is 159 Å². The van der Waals surface area contributed by atoms with Gasteiger partial charge >= 0.3 is 5.97 Å². The van der Waals surface area contributed by atoms with Crippen molar-refractivity contribution < 1.29 is 19.2 Å². The number of non-ortho nitro benzene ring substituents is 1. The number of nitriles is 1. The van der Waals surface area contributed by atoms with Crippen molar-refractivity contribution in [2.24, 2.45) is 5.11 Å². The third-order valence-electron chi connectivity index (χ3n) is 3.61. The lowest BCUT2D eigenvalue weighted by Crippen LogP contribution is -2.16. The van der Waals surface area contributed by atoms with Gasteiger partial charge in [0, 0.05) is 30.0 Å². The van der Waals surface area contributed by atoms with Gasteiger partial charge in [0.2, 0.25) is 0 Å². The van der Waals surface area contributed by atoms with E-state index in [0.29, 0.717) is 31.4 Å². The molecule has 28 heavy (non-hydrogen) atoms. The first-order valence-electron chi connectivity index (χ1n) is 8.54. The van der Waals surface area contributed by atoms with Gasteiger partial charge in [0.1, 0.15) is 12.2 Å². The number of benzene rings is 1. The molecule has 0 atom stereocenters. The third-order valence-corrected chi connectivity index (χ3v) is 3.61. The molecule has 0 heterocycles. The standard InChI is InChI=1S/C18H19N5O5/c19-10-4-12-28-18(25)16(17(24)5-2-1-3-11-21-22-20)13-14-6-8-15(9-7-14)23(26)27/h6-9,13H,1-5,11-12H2/b16-13+. The van der Waals surface area contributed by atoms with Gasteiger partial charge in [0.15, 0.2) is 5.78 Å².